The molecule has 146 valence electrons. The summed E-state index contributed by atoms with van der Waals surface area (Å²) in [5.74, 6) is 0.978. The van der Waals surface area contributed by atoms with Crippen molar-refractivity contribution in [2.45, 2.75) is 41.6 Å². The standard InChI is InChI=1S/C18H17N3O4S3/c1-16(19-3)8-18-15(23)20(4)17(2,28(18)27-26)14(22)21(18)13(16)10-5-6-11-12(7-10)25-9-24-11/h5-7,13H,8-9H2,1-2,4H3/t13?,16-,17?,18-,28?/m0/s1. The van der Waals surface area contributed by atoms with Gasteiger partial charge >= 0.3 is 0 Å². The number of piperazine rings is 1. The van der Waals surface area contributed by atoms with Gasteiger partial charge in [-0.1, -0.05) is 6.07 Å². The van der Waals surface area contributed by atoms with E-state index in [-0.39, 0.29) is 25.0 Å². The van der Waals surface area contributed by atoms with Crippen LogP contribution in [0.4, 0.5) is 0 Å². The minimum atomic E-state index is -1.06. The predicted octanol–water partition coefficient (Wildman–Crippen LogP) is 1.34. The summed E-state index contributed by atoms with van der Waals surface area (Å²) in [6.45, 7) is 11.7. The number of benzene rings is 1. The maximum Gasteiger partial charge on any atom is 0.261 e. The van der Waals surface area contributed by atoms with Crippen molar-refractivity contribution in [3.63, 3.8) is 0 Å². The Labute approximate surface area is 172 Å². The molecule has 1 aromatic carbocycles. The van der Waals surface area contributed by atoms with E-state index in [0.29, 0.717) is 11.5 Å². The third kappa shape index (κ3) is 1.72. The first-order valence-electron chi connectivity index (χ1n) is 8.70. The Kier molecular flexibility index (Phi) is 3.45. The topological polar surface area (TPSA) is 63.4 Å². The Morgan fingerprint density at radius 2 is 2.00 bits per heavy atom. The fourth-order valence-electron chi connectivity index (χ4n) is 5.02. The van der Waals surface area contributed by atoms with E-state index in [9.17, 15) is 9.59 Å². The van der Waals surface area contributed by atoms with E-state index < -0.39 is 30.8 Å². The van der Waals surface area contributed by atoms with Crippen molar-refractivity contribution in [2.24, 2.45) is 0 Å². The summed E-state index contributed by atoms with van der Waals surface area (Å²) in [5.41, 5.74) is -0.167. The Morgan fingerprint density at radius 3 is 2.68 bits per heavy atom. The molecule has 3 saturated heterocycles. The zero-order chi connectivity index (χ0) is 20.1. The second-order valence-corrected chi connectivity index (χ2v) is 12.6. The van der Waals surface area contributed by atoms with Gasteiger partial charge in [0, 0.05) is 14.0 Å². The number of amides is 2. The molecule has 28 heavy (non-hydrogen) atoms. The molecule has 0 N–H and O–H groups in total. The van der Waals surface area contributed by atoms with Crippen LogP contribution in [0.2, 0.25) is 0 Å². The molecule has 2 bridgehead atoms. The van der Waals surface area contributed by atoms with Gasteiger partial charge in [-0.3, -0.25) is 9.59 Å². The normalized spacial score (nSPS) is 40.1. The Bertz CT molecular complexity index is 1080. The van der Waals surface area contributed by atoms with Crippen LogP contribution in [0.5, 0.6) is 11.5 Å². The molecule has 4 aliphatic heterocycles. The average molecular weight is 436 g/mol. The highest BCUT2D eigenvalue weighted by Crippen LogP contribution is 2.63. The molecule has 0 aromatic heterocycles. The van der Waals surface area contributed by atoms with Crippen LogP contribution >= 0.6 is 0 Å². The molecule has 3 fully saturated rings. The van der Waals surface area contributed by atoms with Crippen molar-refractivity contribution in [1.29, 1.82) is 0 Å². The minimum Gasteiger partial charge on any atom is -0.454 e. The van der Waals surface area contributed by atoms with Crippen molar-refractivity contribution in [3.8, 4) is 11.5 Å². The molecule has 1 spiro atoms. The van der Waals surface area contributed by atoms with Crippen molar-refractivity contribution in [1.82, 2.24) is 9.80 Å². The lowest BCUT2D eigenvalue weighted by Gasteiger charge is -2.38. The van der Waals surface area contributed by atoms with Gasteiger partial charge in [0.2, 0.25) is 6.79 Å². The van der Waals surface area contributed by atoms with Gasteiger partial charge in [-0.2, -0.15) is 0 Å². The molecule has 4 aliphatic rings. The first-order valence-corrected chi connectivity index (χ1v) is 12.2. The van der Waals surface area contributed by atoms with Gasteiger partial charge in [0.05, 0.1) is 6.42 Å². The van der Waals surface area contributed by atoms with E-state index in [1.807, 2.05) is 19.1 Å². The summed E-state index contributed by atoms with van der Waals surface area (Å²) in [7, 11) is 2.07. The van der Waals surface area contributed by atoms with E-state index in [1.54, 1.807) is 29.8 Å². The molecule has 2 amide bonds. The van der Waals surface area contributed by atoms with E-state index in [4.69, 9.17) is 27.2 Å². The van der Waals surface area contributed by atoms with Crippen LogP contribution in [0.15, 0.2) is 18.2 Å². The van der Waals surface area contributed by atoms with Gasteiger partial charge in [0.1, 0.15) is 6.04 Å². The third-order valence-corrected chi connectivity index (χ3v) is 12.3. The number of likely N-dealkylation sites (N-methyl/N-ethyl adjacent to an activating group) is 1. The lowest BCUT2D eigenvalue weighted by Crippen LogP contribution is -2.60. The monoisotopic (exact) mass is 435 g/mol. The van der Waals surface area contributed by atoms with E-state index in [2.05, 4.69) is 4.85 Å². The molecule has 1 aromatic rings. The van der Waals surface area contributed by atoms with Crippen LogP contribution in [0, 0.1) is 6.57 Å². The number of hydrogen-bond acceptors (Lipinski definition) is 5. The van der Waals surface area contributed by atoms with Crippen molar-refractivity contribution in [3.05, 3.63) is 35.2 Å². The lowest BCUT2D eigenvalue weighted by atomic mass is 9.87. The number of carbonyl (C=O) groups excluding carboxylic acids is 2. The molecule has 0 saturated carbocycles. The molecule has 0 radical (unpaired) electrons. The molecule has 10 heteroatoms. The van der Waals surface area contributed by atoms with E-state index in [0.717, 1.165) is 14.4 Å². The van der Waals surface area contributed by atoms with Crippen LogP contribution < -0.4 is 9.47 Å². The smallest absolute Gasteiger partial charge is 0.261 e. The molecule has 4 heterocycles. The van der Waals surface area contributed by atoms with Crippen LogP contribution in [0.25, 0.3) is 4.85 Å². The molecular weight excluding hydrogens is 418 g/mol. The zero-order valence-corrected chi connectivity index (χ0v) is 17.9. The number of nitrogens with zero attached hydrogens (tertiary/aromatic N) is 3. The second-order valence-electron chi connectivity index (χ2n) is 7.80. The molecule has 0 aliphatic carbocycles. The van der Waals surface area contributed by atoms with Gasteiger partial charge in [0.15, 0.2) is 21.2 Å². The summed E-state index contributed by atoms with van der Waals surface area (Å²) >= 11 is 5.34. The number of ether oxygens (including phenoxy) is 2. The van der Waals surface area contributed by atoms with E-state index in [1.165, 1.54) is 0 Å². The number of rotatable bonds is 1. The summed E-state index contributed by atoms with van der Waals surface area (Å²) in [4.78, 5) is 32.1. The first kappa shape index (κ1) is 18.1. The Morgan fingerprint density at radius 1 is 1.29 bits per heavy atom. The van der Waals surface area contributed by atoms with Crippen LogP contribution in [-0.4, -0.2) is 50.7 Å². The van der Waals surface area contributed by atoms with Gasteiger partial charge in [-0.25, -0.2) is 6.57 Å². The van der Waals surface area contributed by atoms with Crippen LogP contribution in [0.3, 0.4) is 0 Å². The zero-order valence-electron chi connectivity index (χ0n) is 15.4. The summed E-state index contributed by atoms with van der Waals surface area (Å²) < 4.78 is 10.9. The summed E-state index contributed by atoms with van der Waals surface area (Å²) in [5, 5.41) is 0. The minimum absolute atomic E-state index is 0.117. The molecule has 5 rings (SSSR count). The quantitative estimate of drug-likeness (QED) is 0.623. The average Bonchev–Trinajstić information content (AvgIpc) is 3.34. The lowest BCUT2D eigenvalue weighted by molar-refractivity contribution is -0.159. The fraction of sp³-hybridized carbons (Fsp3) is 0.500. The molecular formula is C18H17N3O4S3. The third-order valence-electron chi connectivity index (χ3n) is 6.43. The highest BCUT2D eigenvalue weighted by Gasteiger charge is 2.82. The maximum atomic E-state index is 13.6. The second kappa shape index (κ2) is 5.34. The summed E-state index contributed by atoms with van der Waals surface area (Å²) in [6.07, 6.45) is 0.278. The number of fused-ring (bicyclic) bond motifs is 2. The van der Waals surface area contributed by atoms with E-state index >= 15 is 0 Å². The van der Waals surface area contributed by atoms with Gasteiger partial charge < -0.3 is 24.1 Å². The van der Waals surface area contributed by atoms with Crippen LogP contribution in [-0.2, 0) is 39.1 Å². The fourth-order valence-corrected chi connectivity index (χ4v) is 11.7. The summed E-state index contributed by atoms with van der Waals surface area (Å²) in [6, 6.07) is 4.92. The van der Waals surface area contributed by atoms with Crippen molar-refractivity contribution >= 4 is 41.3 Å². The molecule has 5 atom stereocenters. The number of hydrogen-bond donors (Lipinski definition) is 0. The van der Waals surface area contributed by atoms with Crippen molar-refractivity contribution < 1.29 is 19.1 Å². The van der Waals surface area contributed by atoms with Gasteiger partial charge in [-0.05, 0) is 54.1 Å². The molecule has 3 unspecified atom stereocenters. The van der Waals surface area contributed by atoms with Gasteiger partial charge in [-0.15, -0.1) is 0 Å². The first-order chi connectivity index (χ1) is 13.3. The highest BCUT2D eigenvalue weighted by molar-refractivity contribution is 8.49. The Hall–Kier alpha value is -1.96. The van der Waals surface area contributed by atoms with Crippen LogP contribution in [0.1, 0.15) is 31.9 Å². The highest BCUT2D eigenvalue weighted by atomic mass is 33.1. The van der Waals surface area contributed by atoms with Gasteiger partial charge in [0.25, 0.3) is 17.4 Å². The SMILES string of the molecule is [C-]#[N+][C@@]1(C)C[C@]23C(=O)N(C)C(C)(C(=O)N2C1c1ccc2c(c1)OCO2)S3=S=S. The number of carbonyl (C=O) groups is 2. The van der Waals surface area contributed by atoms with Crippen molar-refractivity contribution in [2.75, 3.05) is 13.8 Å². The predicted molar refractivity (Wildman–Crippen MR) is 108 cm³/mol. The Balaban J connectivity index is 1.76. The maximum absolute atomic E-state index is 13.6. The largest absolute Gasteiger partial charge is 0.454 e. The molecule has 7 nitrogen and oxygen atoms in total.